The Hall–Kier alpha value is -1.74. The molecule has 17 heavy (non-hydrogen) atoms. The second-order valence-corrected chi connectivity index (χ2v) is 4.25. The maximum Gasteiger partial charge on any atom is 0.266 e. The maximum atomic E-state index is 11.7. The molecule has 92 valence electrons. The molecule has 5 nitrogen and oxygen atoms in total. The van der Waals surface area contributed by atoms with Gasteiger partial charge in [-0.25, -0.2) is 4.98 Å². The Morgan fingerprint density at radius 3 is 2.76 bits per heavy atom. The molecule has 1 aromatic heterocycles. The monoisotopic (exact) mass is 252 g/mol. The molecule has 0 aromatic carbocycles. The SMILES string of the molecule is C#CCNC(=O)c1sc(N(CC)CC)nc1N. The van der Waals surface area contributed by atoms with Crippen molar-refractivity contribution in [1.29, 1.82) is 0 Å². The summed E-state index contributed by atoms with van der Waals surface area (Å²) in [6.45, 7) is 5.90. The van der Waals surface area contributed by atoms with E-state index in [4.69, 9.17) is 12.2 Å². The van der Waals surface area contributed by atoms with E-state index in [1.54, 1.807) is 0 Å². The van der Waals surface area contributed by atoms with E-state index >= 15 is 0 Å². The fourth-order valence-electron chi connectivity index (χ4n) is 1.32. The van der Waals surface area contributed by atoms with Crippen molar-refractivity contribution in [2.45, 2.75) is 13.8 Å². The minimum atomic E-state index is -0.267. The molecule has 0 aliphatic carbocycles. The van der Waals surface area contributed by atoms with Gasteiger partial charge in [-0.05, 0) is 13.8 Å². The summed E-state index contributed by atoms with van der Waals surface area (Å²) in [5, 5.41) is 3.34. The molecule has 0 fully saturated rings. The highest BCUT2D eigenvalue weighted by atomic mass is 32.1. The van der Waals surface area contributed by atoms with E-state index in [0.717, 1.165) is 18.2 Å². The third-order valence-electron chi connectivity index (χ3n) is 2.23. The number of anilines is 2. The van der Waals surface area contributed by atoms with Crippen LogP contribution in [0.5, 0.6) is 0 Å². The quantitative estimate of drug-likeness (QED) is 0.765. The highest BCUT2D eigenvalue weighted by molar-refractivity contribution is 7.18. The number of hydrogen-bond acceptors (Lipinski definition) is 5. The van der Waals surface area contributed by atoms with Crippen LogP contribution in [0, 0.1) is 12.3 Å². The molecule has 0 bridgehead atoms. The summed E-state index contributed by atoms with van der Waals surface area (Å²) < 4.78 is 0. The minimum Gasteiger partial charge on any atom is -0.382 e. The van der Waals surface area contributed by atoms with Crippen molar-refractivity contribution in [2.75, 3.05) is 30.3 Å². The Kier molecular flexibility index (Phi) is 4.79. The number of aromatic nitrogens is 1. The summed E-state index contributed by atoms with van der Waals surface area (Å²) in [6.07, 6.45) is 5.07. The van der Waals surface area contributed by atoms with Gasteiger partial charge in [-0.2, -0.15) is 0 Å². The number of amides is 1. The summed E-state index contributed by atoms with van der Waals surface area (Å²) in [7, 11) is 0. The number of hydrogen-bond donors (Lipinski definition) is 2. The zero-order valence-corrected chi connectivity index (χ0v) is 10.8. The van der Waals surface area contributed by atoms with Gasteiger partial charge in [0.05, 0.1) is 6.54 Å². The van der Waals surface area contributed by atoms with E-state index in [-0.39, 0.29) is 18.3 Å². The molecular formula is C11H16N4OS. The Bertz CT molecular complexity index is 431. The first-order valence-electron chi connectivity index (χ1n) is 5.36. The van der Waals surface area contributed by atoms with E-state index < -0.39 is 0 Å². The smallest absolute Gasteiger partial charge is 0.266 e. The normalized spacial score (nSPS) is 9.71. The third-order valence-corrected chi connectivity index (χ3v) is 3.36. The average molecular weight is 252 g/mol. The fourth-order valence-corrected chi connectivity index (χ4v) is 2.35. The van der Waals surface area contributed by atoms with Gasteiger partial charge >= 0.3 is 0 Å². The molecule has 0 unspecified atom stereocenters. The van der Waals surface area contributed by atoms with Gasteiger partial charge in [-0.3, -0.25) is 4.79 Å². The summed E-state index contributed by atoms with van der Waals surface area (Å²) in [4.78, 5) is 18.4. The minimum absolute atomic E-state index is 0.191. The lowest BCUT2D eigenvalue weighted by atomic mass is 10.4. The first-order chi connectivity index (χ1) is 8.13. The van der Waals surface area contributed by atoms with Gasteiger partial charge in [-0.1, -0.05) is 17.3 Å². The van der Waals surface area contributed by atoms with Gasteiger partial charge in [-0.15, -0.1) is 6.42 Å². The maximum absolute atomic E-state index is 11.7. The number of nitrogens with two attached hydrogens (primary N) is 1. The third kappa shape index (κ3) is 3.11. The number of carbonyl (C=O) groups is 1. The van der Waals surface area contributed by atoms with Gasteiger partial charge in [0.2, 0.25) is 0 Å². The average Bonchev–Trinajstić information content (AvgIpc) is 2.70. The first kappa shape index (κ1) is 13.3. The predicted molar refractivity (Wildman–Crippen MR) is 71.3 cm³/mol. The van der Waals surface area contributed by atoms with Crippen LogP contribution in [-0.4, -0.2) is 30.5 Å². The number of nitrogens with zero attached hydrogens (tertiary/aromatic N) is 2. The number of rotatable bonds is 5. The molecule has 0 saturated heterocycles. The fraction of sp³-hybridized carbons (Fsp3) is 0.455. The second-order valence-electron chi connectivity index (χ2n) is 3.27. The Labute approximate surface area is 105 Å². The van der Waals surface area contributed by atoms with Crippen molar-refractivity contribution in [2.24, 2.45) is 0 Å². The second kappa shape index (κ2) is 6.11. The van der Waals surface area contributed by atoms with Gasteiger partial charge in [0, 0.05) is 13.1 Å². The predicted octanol–water partition coefficient (Wildman–Crippen LogP) is 0.934. The van der Waals surface area contributed by atoms with Crippen LogP contribution in [0.25, 0.3) is 0 Å². The van der Waals surface area contributed by atoms with Crippen molar-refractivity contribution in [1.82, 2.24) is 10.3 Å². The highest BCUT2D eigenvalue weighted by Gasteiger charge is 2.17. The van der Waals surface area contributed by atoms with E-state index in [0.29, 0.717) is 4.88 Å². The van der Waals surface area contributed by atoms with Crippen molar-refractivity contribution in [3.63, 3.8) is 0 Å². The number of terminal acetylenes is 1. The van der Waals surface area contributed by atoms with Gasteiger partial charge in [0.15, 0.2) is 5.13 Å². The van der Waals surface area contributed by atoms with Crippen LogP contribution >= 0.6 is 11.3 Å². The molecule has 0 radical (unpaired) electrons. The Morgan fingerprint density at radius 2 is 2.24 bits per heavy atom. The lowest BCUT2D eigenvalue weighted by molar-refractivity contribution is 0.0963. The number of carbonyl (C=O) groups excluding carboxylic acids is 1. The van der Waals surface area contributed by atoms with Gasteiger partial charge in [0.1, 0.15) is 10.7 Å². The molecule has 0 saturated carbocycles. The zero-order valence-electron chi connectivity index (χ0n) is 9.99. The molecule has 3 N–H and O–H groups in total. The summed E-state index contributed by atoms with van der Waals surface area (Å²) >= 11 is 1.28. The number of nitrogens with one attached hydrogen (secondary N) is 1. The van der Waals surface area contributed by atoms with Crippen LogP contribution in [0.2, 0.25) is 0 Å². The number of thiazole rings is 1. The number of nitrogen functional groups attached to an aromatic ring is 1. The molecule has 1 heterocycles. The molecule has 0 spiro atoms. The molecule has 1 rings (SSSR count). The standard InChI is InChI=1S/C11H16N4OS/c1-4-7-13-10(16)8-9(12)14-11(17-8)15(5-2)6-3/h1H,5-7,12H2,2-3H3,(H,13,16). The van der Waals surface area contributed by atoms with Crippen molar-refractivity contribution in [3.05, 3.63) is 4.88 Å². The molecule has 0 aliphatic rings. The van der Waals surface area contributed by atoms with Crippen LogP contribution in [0.15, 0.2) is 0 Å². The summed E-state index contributed by atoms with van der Waals surface area (Å²) in [5.41, 5.74) is 5.72. The molecule has 1 amide bonds. The Morgan fingerprint density at radius 1 is 1.59 bits per heavy atom. The molecule has 6 heteroatoms. The summed E-state index contributed by atoms with van der Waals surface area (Å²) in [6, 6.07) is 0. The lowest BCUT2D eigenvalue weighted by Crippen LogP contribution is -2.23. The van der Waals surface area contributed by atoms with Crippen molar-refractivity contribution >= 4 is 28.2 Å². The molecule has 0 aliphatic heterocycles. The van der Waals surface area contributed by atoms with Crippen LogP contribution in [0.1, 0.15) is 23.5 Å². The molecule has 1 aromatic rings. The van der Waals surface area contributed by atoms with Crippen LogP contribution in [0.4, 0.5) is 10.9 Å². The molecule has 0 atom stereocenters. The Balaban J connectivity index is 2.88. The largest absolute Gasteiger partial charge is 0.382 e. The summed E-state index contributed by atoms with van der Waals surface area (Å²) in [5.74, 6) is 2.33. The molecular weight excluding hydrogens is 236 g/mol. The van der Waals surface area contributed by atoms with Crippen molar-refractivity contribution < 1.29 is 4.79 Å². The van der Waals surface area contributed by atoms with Crippen molar-refractivity contribution in [3.8, 4) is 12.3 Å². The van der Waals surface area contributed by atoms with E-state index in [2.05, 4.69) is 16.2 Å². The van der Waals surface area contributed by atoms with Crippen LogP contribution in [-0.2, 0) is 0 Å². The lowest BCUT2D eigenvalue weighted by Gasteiger charge is -2.16. The van der Waals surface area contributed by atoms with Crippen LogP contribution < -0.4 is 16.0 Å². The highest BCUT2D eigenvalue weighted by Crippen LogP contribution is 2.27. The van der Waals surface area contributed by atoms with Crippen LogP contribution in [0.3, 0.4) is 0 Å². The van der Waals surface area contributed by atoms with E-state index in [1.165, 1.54) is 11.3 Å². The van der Waals surface area contributed by atoms with E-state index in [1.807, 2.05) is 18.7 Å². The zero-order chi connectivity index (χ0) is 12.8. The topological polar surface area (TPSA) is 71.2 Å². The van der Waals surface area contributed by atoms with Gasteiger partial charge in [0.25, 0.3) is 5.91 Å². The first-order valence-corrected chi connectivity index (χ1v) is 6.18. The van der Waals surface area contributed by atoms with E-state index in [9.17, 15) is 4.79 Å². The van der Waals surface area contributed by atoms with Gasteiger partial charge < -0.3 is 16.0 Å².